The summed E-state index contributed by atoms with van der Waals surface area (Å²) in [6.07, 6.45) is 1.74. The molecule has 0 spiro atoms. The van der Waals surface area contributed by atoms with Crippen LogP contribution >= 0.6 is 11.5 Å². The van der Waals surface area contributed by atoms with Gasteiger partial charge in [-0.2, -0.15) is 0 Å². The summed E-state index contributed by atoms with van der Waals surface area (Å²) in [5.41, 5.74) is 4.02. The minimum atomic E-state index is 0.0201. The molecule has 1 aromatic heterocycles. The molecule has 0 saturated carbocycles. The van der Waals surface area contributed by atoms with Crippen molar-refractivity contribution in [2.75, 3.05) is 6.61 Å². The van der Waals surface area contributed by atoms with Crippen LogP contribution in [0.3, 0.4) is 0 Å². The van der Waals surface area contributed by atoms with Crippen molar-refractivity contribution in [3.05, 3.63) is 45.5 Å². The van der Waals surface area contributed by atoms with Gasteiger partial charge in [0.2, 0.25) is 0 Å². The van der Waals surface area contributed by atoms with Crippen LogP contribution in [0.1, 0.15) is 27.2 Å². The number of Topliss-reactive ketones (excluding diaryl/α,β-unsaturated/α-hetero) is 1. The van der Waals surface area contributed by atoms with E-state index in [0.717, 1.165) is 11.1 Å². The molecule has 2 heterocycles. The predicted octanol–water partition coefficient (Wildman–Crippen LogP) is 2.81. The van der Waals surface area contributed by atoms with Crippen LogP contribution in [0.25, 0.3) is 6.08 Å². The summed E-state index contributed by atoms with van der Waals surface area (Å²) in [5.74, 6) is 0.697. The average Bonchev–Trinajstić information content (AvgIpc) is 2.85. The smallest absolute Gasteiger partial charge is 0.196 e. The number of aromatic nitrogens is 2. The lowest BCUT2D eigenvalue weighted by molar-refractivity contribution is 0.1000. The number of nitrogens with zero attached hydrogens (tertiary/aromatic N) is 2. The van der Waals surface area contributed by atoms with E-state index < -0.39 is 0 Å². The van der Waals surface area contributed by atoms with Crippen LogP contribution in [0.2, 0.25) is 0 Å². The zero-order chi connectivity index (χ0) is 13.4. The van der Waals surface area contributed by atoms with Crippen molar-refractivity contribution < 1.29 is 9.53 Å². The first-order valence-electron chi connectivity index (χ1n) is 5.91. The summed E-state index contributed by atoms with van der Waals surface area (Å²) in [4.78, 5) is 12.5. The highest BCUT2D eigenvalue weighted by molar-refractivity contribution is 7.03. The van der Waals surface area contributed by atoms with E-state index in [9.17, 15) is 4.79 Å². The van der Waals surface area contributed by atoms with Crippen molar-refractivity contribution in [2.24, 2.45) is 0 Å². The summed E-state index contributed by atoms with van der Waals surface area (Å²) in [6, 6.07) is 3.90. The van der Waals surface area contributed by atoms with E-state index >= 15 is 0 Å². The Hall–Kier alpha value is -2.01. The zero-order valence-corrected chi connectivity index (χ0v) is 11.5. The molecule has 96 valence electrons. The van der Waals surface area contributed by atoms with E-state index in [4.69, 9.17) is 4.74 Å². The van der Waals surface area contributed by atoms with Crippen LogP contribution < -0.4 is 4.74 Å². The summed E-state index contributed by atoms with van der Waals surface area (Å²) in [6.45, 7) is 4.21. The lowest BCUT2D eigenvalue weighted by Gasteiger charge is -2.21. The third kappa shape index (κ3) is 2.17. The summed E-state index contributed by atoms with van der Waals surface area (Å²) in [7, 11) is 0. The fourth-order valence-corrected chi connectivity index (χ4v) is 2.65. The number of ether oxygens (including phenoxy) is 1. The number of fused-ring (bicyclic) bond motifs is 1. The number of aryl methyl sites for hydroxylation is 2. The fourth-order valence-electron chi connectivity index (χ4n) is 2.24. The Morgan fingerprint density at radius 1 is 1.37 bits per heavy atom. The third-order valence-electron chi connectivity index (χ3n) is 3.04. The third-order valence-corrected chi connectivity index (χ3v) is 3.57. The molecule has 0 amide bonds. The Morgan fingerprint density at radius 3 is 2.95 bits per heavy atom. The summed E-state index contributed by atoms with van der Waals surface area (Å²) < 4.78 is 9.46. The average molecular weight is 272 g/mol. The highest BCUT2D eigenvalue weighted by Crippen LogP contribution is 2.31. The fraction of sp³-hybridized carbons (Fsp3) is 0.214. The molecule has 0 aliphatic carbocycles. The van der Waals surface area contributed by atoms with Crippen molar-refractivity contribution in [1.29, 1.82) is 0 Å². The van der Waals surface area contributed by atoms with Gasteiger partial charge in [0.1, 0.15) is 12.4 Å². The lowest BCUT2D eigenvalue weighted by atomic mass is 9.94. The molecule has 0 fully saturated rings. The van der Waals surface area contributed by atoms with Crippen molar-refractivity contribution in [3.63, 3.8) is 0 Å². The van der Waals surface area contributed by atoms with Crippen LogP contribution in [0.4, 0.5) is 0 Å². The largest absolute Gasteiger partial charge is 0.488 e. The molecular formula is C14H12N2O2S. The lowest BCUT2D eigenvalue weighted by Crippen LogP contribution is -2.20. The van der Waals surface area contributed by atoms with Crippen LogP contribution in [0, 0.1) is 13.8 Å². The topological polar surface area (TPSA) is 52.1 Å². The van der Waals surface area contributed by atoms with Crippen molar-refractivity contribution >= 4 is 23.4 Å². The van der Waals surface area contributed by atoms with E-state index in [1.54, 1.807) is 11.5 Å². The van der Waals surface area contributed by atoms with Gasteiger partial charge in [0.15, 0.2) is 5.78 Å². The molecule has 0 N–H and O–H groups in total. The minimum absolute atomic E-state index is 0.0201. The van der Waals surface area contributed by atoms with Crippen molar-refractivity contribution in [1.82, 2.24) is 9.59 Å². The number of benzene rings is 1. The maximum Gasteiger partial charge on any atom is 0.196 e. The number of ketones is 1. The SMILES string of the molecule is Cc1cc(C)c2c(c1)OC/C(=C\c1csnn1)C2=O. The van der Waals surface area contributed by atoms with Crippen molar-refractivity contribution in [3.8, 4) is 5.75 Å². The molecule has 0 unspecified atom stereocenters. The molecule has 4 nitrogen and oxygen atoms in total. The van der Waals surface area contributed by atoms with Gasteiger partial charge in [-0.15, -0.1) is 5.10 Å². The first-order chi connectivity index (χ1) is 9.15. The van der Waals surface area contributed by atoms with Crippen LogP contribution in [-0.4, -0.2) is 22.0 Å². The normalized spacial score (nSPS) is 16.3. The second-order valence-corrected chi connectivity index (χ2v) is 5.18. The number of hydrogen-bond donors (Lipinski definition) is 0. The van der Waals surface area contributed by atoms with Gasteiger partial charge in [0.05, 0.1) is 11.3 Å². The first-order valence-corrected chi connectivity index (χ1v) is 6.75. The van der Waals surface area contributed by atoms with Crippen LogP contribution in [-0.2, 0) is 0 Å². The Morgan fingerprint density at radius 2 is 2.21 bits per heavy atom. The molecule has 1 aromatic carbocycles. The van der Waals surface area contributed by atoms with E-state index in [-0.39, 0.29) is 12.4 Å². The molecule has 1 aliphatic heterocycles. The Balaban J connectivity index is 2.05. The second-order valence-electron chi connectivity index (χ2n) is 4.57. The molecule has 0 atom stereocenters. The van der Waals surface area contributed by atoms with Gasteiger partial charge in [-0.05, 0) is 48.6 Å². The quantitative estimate of drug-likeness (QED) is 0.749. The molecule has 0 bridgehead atoms. The van der Waals surface area contributed by atoms with Crippen LogP contribution in [0.5, 0.6) is 5.75 Å². The molecule has 1 aliphatic rings. The molecule has 19 heavy (non-hydrogen) atoms. The van der Waals surface area contributed by atoms with Gasteiger partial charge in [0.25, 0.3) is 0 Å². The number of carbonyl (C=O) groups is 1. The number of carbonyl (C=O) groups excluding carboxylic acids is 1. The highest BCUT2D eigenvalue weighted by atomic mass is 32.1. The van der Waals surface area contributed by atoms with E-state index in [0.29, 0.717) is 22.6 Å². The zero-order valence-electron chi connectivity index (χ0n) is 10.6. The van der Waals surface area contributed by atoms with Crippen molar-refractivity contribution in [2.45, 2.75) is 13.8 Å². The predicted molar refractivity (Wildman–Crippen MR) is 73.6 cm³/mol. The second kappa shape index (κ2) is 4.59. The van der Waals surface area contributed by atoms with E-state index in [1.165, 1.54) is 11.5 Å². The Kier molecular flexibility index (Phi) is 2.91. The summed E-state index contributed by atoms with van der Waals surface area (Å²) in [5, 5.41) is 5.73. The summed E-state index contributed by atoms with van der Waals surface area (Å²) >= 11 is 1.26. The first kappa shape index (κ1) is 12.0. The van der Waals surface area contributed by atoms with Gasteiger partial charge in [-0.3, -0.25) is 4.79 Å². The standard InChI is InChI=1S/C14H12N2O2S/c1-8-3-9(2)13-12(4-8)18-6-10(14(13)17)5-11-7-19-16-15-11/h3-5,7H,6H2,1-2H3/b10-5+. The van der Waals surface area contributed by atoms with Crippen LogP contribution in [0.15, 0.2) is 23.1 Å². The molecule has 0 saturated heterocycles. The van der Waals surface area contributed by atoms with E-state index in [2.05, 4.69) is 9.59 Å². The van der Waals surface area contributed by atoms with E-state index in [1.807, 2.05) is 26.0 Å². The van der Waals surface area contributed by atoms with Gasteiger partial charge >= 0.3 is 0 Å². The van der Waals surface area contributed by atoms with Gasteiger partial charge in [-0.1, -0.05) is 10.6 Å². The maximum absolute atomic E-state index is 12.5. The molecule has 0 radical (unpaired) electrons. The maximum atomic E-state index is 12.5. The Bertz CT molecular complexity index is 675. The number of hydrogen-bond acceptors (Lipinski definition) is 5. The molecule has 5 heteroatoms. The molecular weight excluding hydrogens is 260 g/mol. The van der Waals surface area contributed by atoms with Gasteiger partial charge in [0, 0.05) is 11.0 Å². The monoisotopic (exact) mass is 272 g/mol. The highest BCUT2D eigenvalue weighted by Gasteiger charge is 2.25. The minimum Gasteiger partial charge on any atom is -0.488 e. The molecule has 3 rings (SSSR count). The number of rotatable bonds is 1. The molecule has 2 aromatic rings. The Labute approximate surface area is 114 Å². The van der Waals surface area contributed by atoms with Gasteiger partial charge in [-0.25, -0.2) is 0 Å². The van der Waals surface area contributed by atoms with Gasteiger partial charge < -0.3 is 4.74 Å².